The van der Waals surface area contributed by atoms with Gasteiger partial charge in [-0.2, -0.15) is 0 Å². The molecule has 0 aliphatic rings. The second-order valence-electron chi connectivity index (χ2n) is 2.20. The summed E-state index contributed by atoms with van der Waals surface area (Å²) < 4.78 is 0. The summed E-state index contributed by atoms with van der Waals surface area (Å²) in [5, 5.41) is 9.04. The van der Waals surface area contributed by atoms with Crippen LogP contribution in [0.3, 0.4) is 0 Å². The van der Waals surface area contributed by atoms with Crippen LogP contribution < -0.4 is 0 Å². The molecule has 1 atom stereocenters. The maximum Gasteiger partial charge on any atom is 0.0816 e. The first-order valence-corrected chi connectivity index (χ1v) is 4.06. The predicted molar refractivity (Wildman–Crippen MR) is 47.1 cm³/mol. The minimum absolute atomic E-state index is 0.0524. The summed E-state index contributed by atoms with van der Waals surface area (Å²) in [5.41, 5.74) is 0.888. The fourth-order valence-corrected chi connectivity index (χ4v) is 1.05. The molecule has 0 spiro atoms. The zero-order valence-corrected chi connectivity index (χ0v) is 7.31. The molecule has 1 aromatic carbocycles. The highest BCUT2D eigenvalue weighted by Crippen LogP contribution is 2.20. The second-order valence-corrected chi connectivity index (χ2v) is 3.16. The number of aliphatic hydroxyl groups excluding tert-OH is 1. The topological polar surface area (TPSA) is 20.2 Å². The van der Waals surface area contributed by atoms with E-state index in [0.717, 1.165) is 5.56 Å². The largest absolute Gasteiger partial charge is 0.394 e. The maximum atomic E-state index is 8.69. The van der Waals surface area contributed by atoms with Gasteiger partial charge in [0.2, 0.25) is 0 Å². The molecule has 1 aromatic rings. The van der Waals surface area contributed by atoms with Crippen molar-refractivity contribution in [2.75, 3.05) is 6.61 Å². The molecule has 0 amide bonds. The van der Waals surface area contributed by atoms with E-state index in [1.54, 1.807) is 24.3 Å². The first-order valence-electron chi connectivity index (χ1n) is 3.24. The van der Waals surface area contributed by atoms with E-state index < -0.39 is 0 Å². The summed E-state index contributed by atoms with van der Waals surface area (Å²) in [6, 6.07) is 7.11. The molecule has 3 heteroatoms. The summed E-state index contributed by atoms with van der Waals surface area (Å²) in [6.07, 6.45) is 0. The van der Waals surface area contributed by atoms with E-state index in [2.05, 4.69) is 0 Å². The van der Waals surface area contributed by atoms with Crippen molar-refractivity contribution < 1.29 is 5.11 Å². The molecule has 11 heavy (non-hydrogen) atoms. The smallest absolute Gasteiger partial charge is 0.0816 e. The van der Waals surface area contributed by atoms with Gasteiger partial charge in [0.15, 0.2) is 0 Å². The fourth-order valence-electron chi connectivity index (χ4n) is 0.777. The quantitative estimate of drug-likeness (QED) is 0.712. The van der Waals surface area contributed by atoms with Crippen LogP contribution in [-0.4, -0.2) is 11.7 Å². The Morgan fingerprint density at radius 1 is 1.27 bits per heavy atom. The number of aliphatic hydroxyl groups is 1. The zero-order valence-electron chi connectivity index (χ0n) is 5.80. The summed E-state index contributed by atoms with van der Waals surface area (Å²) in [5.74, 6) is 0. The number of rotatable bonds is 2. The van der Waals surface area contributed by atoms with Gasteiger partial charge in [-0.1, -0.05) is 23.7 Å². The number of benzene rings is 1. The van der Waals surface area contributed by atoms with Gasteiger partial charge in [0.1, 0.15) is 0 Å². The first-order chi connectivity index (χ1) is 5.24. The van der Waals surface area contributed by atoms with Gasteiger partial charge in [0.05, 0.1) is 12.0 Å². The van der Waals surface area contributed by atoms with Crippen molar-refractivity contribution in [1.82, 2.24) is 0 Å². The summed E-state index contributed by atoms with van der Waals surface area (Å²) in [4.78, 5) is 0. The van der Waals surface area contributed by atoms with E-state index in [9.17, 15) is 0 Å². The highest BCUT2D eigenvalue weighted by Gasteiger charge is 2.04. The normalized spacial score (nSPS) is 13.0. The Balaban J connectivity index is 2.81. The minimum Gasteiger partial charge on any atom is -0.394 e. The molecule has 0 saturated heterocycles. The van der Waals surface area contributed by atoms with E-state index in [-0.39, 0.29) is 12.0 Å². The SMILES string of the molecule is OCC(Cl)c1ccc(Cl)cc1. The van der Waals surface area contributed by atoms with E-state index in [1.807, 2.05) is 0 Å². The molecule has 0 bridgehead atoms. The zero-order chi connectivity index (χ0) is 8.27. The van der Waals surface area contributed by atoms with Crippen molar-refractivity contribution in [3.05, 3.63) is 34.9 Å². The number of hydrogen-bond donors (Lipinski definition) is 1. The molecule has 0 aromatic heterocycles. The number of hydrogen-bond acceptors (Lipinski definition) is 1. The van der Waals surface area contributed by atoms with E-state index in [1.165, 1.54) is 0 Å². The number of halogens is 2. The van der Waals surface area contributed by atoms with Gasteiger partial charge >= 0.3 is 0 Å². The van der Waals surface area contributed by atoms with Crippen molar-refractivity contribution in [1.29, 1.82) is 0 Å². The molecule has 0 fully saturated rings. The van der Waals surface area contributed by atoms with E-state index in [0.29, 0.717) is 5.02 Å². The lowest BCUT2D eigenvalue weighted by Crippen LogP contribution is -1.94. The molecule has 0 heterocycles. The van der Waals surface area contributed by atoms with Gasteiger partial charge < -0.3 is 5.11 Å². The van der Waals surface area contributed by atoms with Crippen LogP contribution in [0.1, 0.15) is 10.9 Å². The molecule has 1 nitrogen and oxygen atoms in total. The molecule has 1 rings (SSSR count). The Morgan fingerprint density at radius 3 is 2.27 bits per heavy atom. The van der Waals surface area contributed by atoms with Crippen LogP contribution in [0.5, 0.6) is 0 Å². The average Bonchev–Trinajstić information content (AvgIpc) is 2.05. The van der Waals surface area contributed by atoms with Crippen molar-refractivity contribution in [3.8, 4) is 0 Å². The fraction of sp³-hybridized carbons (Fsp3) is 0.250. The second kappa shape index (κ2) is 3.96. The molecule has 0 saturated carbocycles. The lowest BCUT2D eigenvalue weighted by molar-refractivity contribution is 0.294. The van der Waals surface area contributed by atoms with Crippen LogP contribution >= 0.6 is 23.2 Å². The standard InChI is InChI=1S/C8H8Cl2O/c9-7-3-1-6(2-4-7)8(10)5-11/h1-4,8,11H,5H2. The van der Waals surface area contributed by atoms with Crippen molar-refractivity contribution in [2.45, 2.75) is 5.38 Å². The summed E-state index contributed by atoms with van der Waals surface area (Å²) in [7, 11) is 0. The first kappa shape index (κ1) is 8.85. The van der Waals surface area contributed by atoms with Gasteiger partial charge in [0.25, 0.3) is 0 Å². The Kier molecular flexibility index (Phi) is 3.18. The predicted octanol–water partition coefficient (Wildman–Crippen LogP) is 2.61. The number of alkyl halides is 1. The monoisotopic (exact) mass is 190 g/mol. The van der Waals surface area contributed by atoms with Gasteiger partial charge in [-0.15, -0.1) is 11.6 Å². The van der Waals surface area contributed by atoms with Gasteiger partial charge in [-0.3, -0.25) is 0 Å². The van der Waals surface area contributed by atoms with Gasteiger partial charge in [0, 0.05) is 5.02 Å². The maximum absolute atomic E-state index is 8.69. The van der Waals surface area contributed by atoms with Crippen molar-refractivity contribution in [3.63, 3.8) is 0 Å². The van der Waals surface area contributed by atoms with Crippen LogP contribution in [0.25, 0.3) is 0 Å². The Labute approximate surface area is 75.6 Å². The van der Waals surface area contributed by atoms with Crippen LogP contribution in [0.4, 0.5) is 0 Å². The van der Waals surface area contributed by atoms with Crippen molar-refractivity contribution >= 4 is 23.2 Å². The highest BCUT2D eigenvalue weighted by atomic mass is 35.5. The molecule has 0 radical (unpaired) electrons. The molecular formula is C8H8Cl2O. The molecule has 0 aliphatic carbocycles. The highest BCUT2D eigenvalue weighted by molar-refractivity contribution is 6.30. The minimum atomic E-state index is -0.327. The van der Waals surface area contributed by atoms with Crippen LogP contribution in [-0.2, 0) is 0 Å². The van der Waals surface area contributed by atoms with Crippen molar-refractivity contribution in [2.24, 2.45) is 0 Å². The van der Waals surface area contributed by atoms with Crippen LogP contribution in [0, 0.1) is 0 Å². The van der Waals surface area contributed by atoms with E-state index in [4.69, 9.17) is 28.3 Å². The Morgan fingerprint density at radius 2 is 1.82 bits per heavy atom. The van der Waals surface area contributed by atoms with Gasteiger partial charge in [-0.05, 0) is 17.7 Å². The van der Waals surface area contributed by atoms with Gasteiger partial charge in [-0.25, -0.2) is 0 Å². The molecule has 60 valence electrons. The third kappa shape index (κ3) is 2.37. The summed E-state index contributed by atoms with van der Waals surface area (Å²) >= 11 is 11.4. The Bertz CT molecular complexity index is 220. The Hall–Kier alpha value is -0.240. The lowest BCUT2D eigenvalue weighted by Gasteiger charge is -2.04. The molecule has 1 N–H and O–H groups in total. The average molecular weight is 191 g/mol. The molecule has 1 unspecified atom stereocenters. The molecular weight excluding hydrogens is 183 g/mol. The van der Waals surface area contributed by atoms with E-state index >= 15 is 0 Å². The molecule has 0 aliphatic heterocycles. The van der Waals surface area contributed by atoms with Crippen LogP contribution in [0.15, 0.2) is 24.3 Å². The summed E-state index contributed by atoms with van der Waals surface area (Å²) in [6.45, 7) is -0.0524. The lowest BCUT2D eigenvalue weighted by atomic mass is 10.2. The van der Waals surface area contributed by atoms with Crippen LogP contribution in [0.2, 0.25) is 5.02 Å². The third-order valence-corrected chi connectivity index (χ3v) is 2.03. The third-order valence-electron chi connectivity index (χ3n) is 1.39.